The predicted octanol–water partition coefficient (Wildman–Crippen LogP) is 3.03. The number of fused-ring (bicyclic) bond motifs is 3. The fourth-order valence-electron chi connectivity index (χ4n) is 6.33. The second kappa shape index (κ2) is 10.3. The topological polar surface area (TPSA) is 180 Å². The number of aromatic hydroxyl groups is 1. The summed E-state index contributed by atoms with van der Waals surface area (Å²) < 4.78 is 18.4. The summed E-state index contributed by atoms with van der Waals surface area (Å²) in [7, 11) is 1.48. The first kappa shape index (κ1) is 28.3. The van der Waals surface area contributed by atoms with Gasteiger partial charge in [0.15, 0.2) is 11.4 Å². The number of halogens is 1. The van der Waals surface area contributed by atoms with Gasteiger partial charge in [0.25, 0.3) is 5.91 Å². The highest BCUT2D eigenvalue weighted by Crippen LogP contribution is 2.53. The van der Waals surface area contributed by atoms with Gasteiger partial charge in [-0.25, -0.2) is 4.98 Å². The van der Waals surface area contributed by atoms with Crippen molar-refractivity contribution in [2.75, 3.05) is 13.8 Å². The number of benzene rings is 1. The van der Waals surface area contributed by atoms with Gasteiger partial charge in [0.2, 0.25) is 11.7 Å². The Hall–Kier alpha value is -4.25. The third-order valence-corrected chi connectivity index (χ3v) is 8.57. The van der Waals surface area contributed by atoms with E-state index >= 15 is 0 Å². The molecule has 1 saturated carbocycles. The van der Waals surface area contributed by atoms with Gasteiger partial charge in [-0.05, 0) is 66.3 Å². The quantitative estimate of drug-likeness (QED) is 0.315. The molecule has 4 atom stereocenters. The van der Waals surface area contributed by atoms with E-state index < -0.39 is 65.1 Å². The second-order valence-corrected chi connectivity index (χ2v) is 11.1. The molecule has 5 rings (SSSR count). The zero-order chi connectivity index (χ0) is 29.8. The maximum Gasteiger partial charge on any atom is 0.255 e. The molecular formula is C30H31FN2O8. The number of primary amides is 1. The third-order valence-electron chi connectivity index (χ3n) is 8.57. The van der Waals surface area contributed by atoms with E-state index in [0.29, 0.717) is 34.6 Å². The monoisotopic (exact) mass is 566 g/mol. The fraction of sp³-hybridized carbons (Fsp3) is 0.400. The highest BCUT2D eigenvalue weighted by molar-refractivity contribution is 6.22. The summed E-state index contributed by atoms with van der Waals surface area (Å²) in [5.41, 5.74) is 3.78. The molecular weight excluding hydrogens is 535 g/mol. The number of carbonyl (C=O) groups excluding carboxylic acids is 3. The molecule has 10 nitrogen and oxygen atoms in total. The van der Waals surface area contributed by atoms with Crippen molar-refractivity contribution in [1.82, 2.24) is 4.98 Å². The largest absolute Gasteiger partial charge is 0.508 e. The molecule has 1 aromatic carbocycles. The van der Waals surface area contributed by atoms with Gasteiger partial charge in [-0.15, -0.1) is 0 Å². The number of hydrogen-bond acceptors (Lipinski definition) is 9. The number of ether oxygens (including phenoxy) is 1. The van der Waals surface area contributed by atoms with Gasteiger partial charge in [0.1, 0.15) is 22.8 Å². The summed E-state index contributed by atoms with van der Waals surface area (Å²) in [4.78, 5) is 42.6. The molecule has 1 aromatic heterocycles. The molecule has 1 heterocycles. The van der Waals surface area contributed by atoms with Crippen LogP contribution in [0.2, 0.25) is 0 Å². The highest BCUT2D eigenvalue weighted by Gasteiger charge is 2.60. The number of alkyl halides is 1. The molecule has 0 radical (unpaired) electrons. The van der Waals surface area contributed by atoms with E-state index in [2.05, 4.69) is 4.98 Å². The van der Waals surface area contributed by atoms with Crippen LogP contribution in [0.15, 0.2) is 41.3 Å². The number of aryl methyl sites for hydroxylation is 1. The molecule has 6 N–H and O–H groups in total. The normalized spacial score (nSPS) is 24.5. The van der Waals surface area contributed by atoms with E-state index in [1.54, 1.807) is 31.3 Å². The Morgan fingerprint density at radius 1 is 1.24 bits per heavy atom. The number of Topliss-reactive ketones (excluding diaryl/α,β-unsaturated/α-hetero) is 2. The zero-order valence-corrected chi connectivity index (χ0v) is 22.6. The molecule has 1 amide bonds. The highest BCUT2D eigenvalue weighted by atomic mass is 19.1. The van der Waals surface area contributed by atoms with Gasteiger partial charge in [0.05, 0.1) is 19.3 Å². The summed E-state index contributed by atoms with van der Waals surface area (Å²) >= 11 is 0. The molecule has 216 valence electrons. The molecule has 0 spiro atoms. The van der Waals surface area contributed by atoms with Crippen LogP contribution in [0, 0.1) is 17.8 Å². The first-order valence-electron chi connectivity index (χ1n) is 13.3. The average Bonchev–Trinajstić information content (AvgIpc) is 2.94. The van der Waals surface area contributed by atoms with Crippen LogP contribution in [0.4, 0.5) is 4.39 Å². The predicted molar refractivity (Wildman–Crippen MR) is 145 cm³/mol. The Kier molecular flexibility index (Phi) is 7.10. The van der Waals surface area contributed by atoms with Crippen LogP contribution in [0.3, 0.4) is 0 Å². The van der Waals surface area contributed by atoms with E-state index in [1.807, 2.05) is 0 Å². The van der Waals surface area contributed by atoms with Crippen molar-refractivity contribution in [2.45, 2.75) is 44.6 Å². The van der Waals surface area contributed by atoms with Crippen molar-refractivity contribution < 1.29 is 43.9 Å². The number of nitrogens with zero attached hydrogens (tertiary/aromatic N) is 1. The maximum atomic E-state index is 13.8. The van der Waals surface area contributed by atoms with Gasteiger partial charge in [0, 0.05) is 35.7 Å². The van der Waals surface area contributed by atoms with E-state index in [4.69, 9.17) is 10.5 Å². The van der Waals surface area contributed by atoms with Crippen LogP contribution in [0.5, 0.6) is 11.6 Å². The van der Waals surface area contributed by atoms with Crippen LogP contribution in [0.25, 0.3) is 16.9 Å². The number of nitrogens with two attached hydrogens (primary N) is 1. The molecule has 0 bridgehead atoms. The lowest BCUT2D eigenvalue weighted by molar-refractivity contribution is -0.147. The van der Waals surface area contributed by atoms with Crippen molar-refractivity contribution in [1.29, 1.82) is 0 Å². The Morgan fingerprint density at radius 3 is 2.59 bits per heavy atom. The van der Waals surface area contributed by atoms with Crippen molar-refractivity contribution in [3.63, 3.8) is 0 Å². The number of hydrogen-bond donors (Lipinski definition) is 5. The Bertz CT molecular complexity index is 1530. The Balaban J connectivity index is 1.71. The summed E-state index contributed by atoms with van der Waals surface area (Å²) in [5.74, 6) is -6.71. The lowest BCUT2D eigenvalue weighted by atomic mass is 9.59. The third kappa shape index (κ3) is 4.35. The summed E-state index contributed by atoms with van der Waals surface area (Å²) in [5, 5.41) is 45.2. The van der Waals surface area contributed by atoms with Crippen LogP contribution >= 0.6 is 0 Å². The van der Waals surface area contributed by atoms with Crippen molar-refractivity contribution in [3.8, 4) is 22.8 Å². The smallest absolute Gasteiger partial charge is 0.255 e. The zero-order valence-electron chi connectivity index (χ0n) is 22.6. The molecule has 2 aromatic rings. The van der Waals surface area contributed by atoms with Gasteiger partial charge >= 0.3 is 0 Å². The Morgan fingerprint density at radius 2 is 1.98 bits per heavy atom. The van der Waals surface area contributed by atoms with E-state index in [-0.39, 0.29) is 42.1 Å². The number of phenols is 1. The van der Waals surface area contributed by atoms with Gasteiger partial charge in [-0.3, -0.25) is 18.8 Å². The minimum atomic E-state index is -2.64. The number of methoxy groups -OCH3 is 1. The summed E-state index contributed by atoms with van der Waals surface area (Å²) in [6, 6.07) is 5.19. The van der Waals surface area contributed by atoms with Crippen LogP contribution in [-0.2, 0) is 27.2 Å². The van der Waals surface area contributed by atoms with E-state index in [1.165, 1.54) is 7.11 Å². The first-order chi connectivity index (χ1) is 19.4. The van der Waals surface area contributed by atoms with E-state index in [0.717, 1.165) is 0 Å². The minimum absolute atomic E-state index is 0.00616. The standard InChI is InChI=1S/C30H31FN2O8/c1-13(11-31)3-4-14-8-18(15-5-6-21(41-2)33-12-15)19-9-16-7-17-10-20(34)24(29(32)39)28(38)30(17,40)27(37)22(16)26(36)23(19)25(14)35/h5-6,8,12-13,16-17,35-36,38,40H,3-4,7,9-11H2,1-2H3,(H2,32,39)/t13?,16-,17+,30+/m1/s1. The number of aliphatic hydroxyl groups excluding tert-OH is 2. The van der Waals surface area contributed by atoms with Crippen LogP contribution in [0.1, 0.15) is 42.9 Å². The van der Waals surface area contributed by atoms with Crippen LogP contribution < -0.4 is 10.5 Å². The molecule has 11 heteroatoms. The summed E-state index contributed by atoms with van der Waals surface area (Å²) in [6.45, 7) is 1.19. The number of ketones is 2. The first-order valence-corrected chi connectivity index (χ1v) is 13.3. The van der Waals surface area contributed by atoms with Crippen molar-refractivity contribution in [3.05, 3.63) is 58.0 Å². The van der Waals surface area contributed by atoms with Crippen LogP contribution in [-0.4, -0.2) is 62.3 Å². The number of pyridine rings is 1. The molecule has 3 aliphatic rings. The lowest BCUT2D eigenvalue weighted by Gasteiger charge is -2.46. The maximum absolute atomic E-state index is 13.8. The number of phenolic OH excluding ortho intramolecular Hbond substituents is 1. The fourth-order valence-corrected chi connectivity index (χ4v) is 6.33. The number of aliphatic hydroxyl groups is 3. The molecule has 1 fully saturated rings. The molecule has 1 unspecified atom stereocenters. The lowest BCUT2D eigenvalue weighted by Crippen LogP contribution is -2.58. The van der Waals surface area contributed by atoms with Crippen molar-refractivity contribution in [2.24, 2.45) is 23.5 Å². The SMILES string of the molecule is COc1ccc(-c2cc(CCC(C)CF)c(O)c3c2C[C@H]2C[C@H]4CC(=O)C(C(N)=O)=C(O)[C@@]4(O)C(=O)C2=C3O)cn1. The molecule has 0 saturated heterocycles. The minimum Gasteiger partial charge on any atom is -0.508 e. The van der Waals surface area contributed by atoms with Gasteiger partial charge in [-0.1, -0.05) is 6.92 Å². The second-order valence-electron chi connectivity index (χ2n) is 11.1. The number of aromatic nitrogens is 1. The summed E-state index contributed by atoms with van der Waals surface area (Å²) in [6.07, 6.45) is 2.05. The number of amides is 1. The average molecular weight is 567 g/mol. The Labute approximate surface area is 235 Å². The number of rotatable bonds is 7. The van der Waals surface area contributed by atoms with Gasteiger partial charge in [-0.2, -0.15) is 0 Å². The number of carbonyl (C=O) groups is 3. The molecule has 0 aliphatic heterocycles. The molecule has 41 heavy (non-hydrogen) atoms. The van der Waals surface area contributed by atoms with Crippen molar-refractivity contribution >= 4 is 23.2 Å². The van der Waals surface area contributed by atoms with E-state index in [9.17, 15) is 39.2 Å². The molecule has 3 aliphatic carbocycles. The van der Waals surface area contributed by atoms with Gasteiger partial charge < -0.3 is 30.9 Å².